The minimum atomic E-state index is 0.582. The molecule has 0 unspecified atom stereocenters. The van der Waals surface area contributed by atoms with Gasteiger partial charge in [-0.3, -0.25) is 4.98 Å². The fraction of sp³-hybridized carbons (Fsp3) is 0.692. The van der Waals surface area contributed by atoms with Gasteiger partial charge in [0.1, 0.15) is 0 Å². The van der Waals surface area contributed by atoms with Crippen molar-refractivity contribution in [1.82, 2.24) is 15.3 Å². The molecule has 1 rings (SSSR count). The Hall–Kier alpha value is -1.40. The first-order chi connectivity index (χ1) is 9.27. The summed E-state index contributed by atoms with van der Waals surface area (Å²) >= 11 is 0. The summed E-state index contributed by atoms with van der Waals surface area (Å²) in [4.78, 5) is 10.6. The molecule has 0 saturated carbocycles. The normalized spacial score (nSPS) is 10.5. The van der Waals surface area contributed by atoms with Crippen LogP contribution in [0.3, 0.4) is 0 Å². The number of rotatable bonds is 10. The Morgan fingerprint density at radius 2 is 2.11 bits per heavy atom. The van der Waals surface area contributed by atoms with Crippen LogP contribution in [-0.2, 0) is 4.74 Å². The summed E-state index contributed by atoms with van der Waals surface area (Å²) in [5.41, 5.74) is 0. The second kappa shape index (κ2) is 9.52. The van der Waals surface area contributed by atoms with Crippen LogP contribution in [0.5, 0.6) is 5.88 Å². The van der Waals surface area contributed by atoms with Gasteiger partial charge in [0.15, 0.2) is 5.82 Å². The van der Waals surface area contributed by atoms with Crippen LogP contribution < -0.4 is 15.0 Å². The van der Waals surface area contributed by atoms with Gasteiger partial charge in [-0.15, -0.1) is 0 Å². The molecule has 6 nitrogen and oxygen atoms in total. The van der Waals surface area contributed by atoms with E-state index in [0.717, 1.165) is 38.5 Å². The van der Waals surface area contributed by atoms with Crippen molar-refractivity contribution < 1.29 is 9.47 Å². The minimum Gasteiger partial charge on any atom is -0.477 e. The predicted molar refractivity (Wildman–Crippen MR) is 75.8 cm³/mol. The van der Waals surface area contributed by atoms with Crippen molar-refractivity contribution in [3.05, 3.63) is 12.4 Å². The molecule has 1 aromatic heterocycles. The van der Waals surface area contributed by atoms with Crippen LogP contribution in [0.1, 0.15) is 13.3 Å². The van der Waals surface area contributed by atoms with E-state index in [9.17, 15) is 0 Å². The maximum atomic E-state index is 5.47. The Kier molecular flexibility index (Phi) is 7.84. The summed E-state index contributed by atoms with van der Waals surface area (Å²) in [5, 5.41) is 3.29. The number of nitrogens with one attached hydrogen (secondary N) is 1. The molecule has 0 bridgehead atoms. The minimum absolute atomic E-state index is 0.582. The van der Waals surface area contributed by atoms with E-state index in [-0.39, 0.29) is 0 Å². The topological polar surface area (TPSA) is 59.5 Å². The van der Waals surface area contributed by atoms with Crippen molar-refractivity contribution in [2.75, 3.05) is 51.9 Å². The quantitative estimate of drug-likeness (QED) is 0.637. The Morgan fingerprint density at radius 3 is 2.84 bits per heavy atom. The van der Waals surface area contributed by atoms with Gasteiger partial charge in [0, 0.05) is 33.8 Å². The molecular weight excluding hydrogens is 244 g/mol. The first-order valence-corrected chi connectivity index (χ1v) is 6.63. The molecule has 0 saturated heterocycles. The van der Waals surface area contributed by atoms with Crippen LogP contribution in [0.15, 0.2) is 12.4 Å². The van der Waals surface area contributed by atoms with E-state index in [1.807, 2.05) is 11.9 Å². The number of ether oxygens (including phenoxy) is 2. The van der Waals surface area contributed by atoms with Crippen molar-refractivity contribution in [1.29, 1.82) is 0 Å². The number of nitrogens with zero attached hydrogens (tertiary/aromatic N) is 3. The largest absolute Gasteiger partial charge is 0.477 e. The number of aromatic nitrogens is 2. The van der Waals surface area contributed by atoms with E-state index < -0.39 is 0 Å². The second-order valence-electron chi connectivity index (χ2n) is 4.23. The number of anilines is 1. The standard InChI is InChI=1S/C13H24N4O2/c1-4-8-19-13-11-15-10-12(16-13)17(2)7-5-14-6-9-18-3/h10-11,14H,4-9H2,1-3H3. The number of hydrogen-bond donors (Lipinski definition) is 1. The zero-order chi connectivity index (χ0) is 13.9. The van der Waals surface area contributed by atoms with Gasteiger partial charge in [-0.1, -0.05) is 6.92 Å². The zero-order valence-electron chi connectivity index (χ0n) is 12.1. The molecule has 0 aliphatic heterocycles. The molecule has 0 amide bonds. The molecule has 1 heterocycles. The Balaban J connectivity index is 2.36. The monoisotopic (exact) mass is 268 g/mol. The highest BCUT2D eigenvalue weighted by atomic mass is 16.5. The summed E-state index contributed by atoms with van der Waals surface area (Å²) < 4.78 is 10.4. The molecule has 1 aromatic rings. The van der Waals surface area contributed by atoms with Crippen LogP contribution in [0, 0.1) is 0 Å². The second-order valence-corrected chi connectivity index (χ2v) is 4.23. The summed E-state index contributed by atoms with van der Waals surface area (Å²) in [5.74, 6) is 1.40. The third-order valence-corrected chi connectivity index (χ3v) is 2.55. The fourth-order valence-electron chi connectivity index (χ4n) is 1.46. The Bertz CT molecular complexity index is 349. The van der Waals surface area contributed by atoms with Crippen molar-refractivity contribution in [2.24, 2.45) is 0 Å². The van der Waals surface area contributed by atoms with E-state index in [1.165, 1.54) is 0 Å². The molecule has 1 N–H and O–H groups in total. The highest BCUT2D eigenvalue weighted by Gasteiger charge is 2.04. The lowest BCUT2D eigenvalue weighted by Gasteiger charge is -2.18. The van der Waals surface area contributed by atoms with E-state index in [1.54, 1.807) is 19.5 Å². The van der Waals surface area contributed by atoms with Crippen molar-refractivity contribution in [3.63, 3.8) is 0 Å². The summed E-state index contributed by atoms with van der Waals surface area (Å²) in [7, 11) is 3.69. The average Bonchev–Trinajstić information content (AvgIpc) is 2.45. The van der Waals surface area contributed by atoms with E-state index in [0.29, 0.717) is 12.5 Å². The van der Waals surface area contributed by atoms with Crippen molar-refractivity contribution in [3.8, 4) is 5.88 Å². The van der Waals surface area contributed by atoms with Gasteiger partial charge in [-0.25, -0.2) is 0 Å². The zero-order valence-corrected chi connectivity index (χ0v) is 12.1. The van der Waals surface area contributed by atoms with Gasteiger partial charge in [-0.2, -0.15) is 4.98 Å². The van der Waals surface area contributed by atoms with E-state index >= 15 is 0 Å². The molecule has 6 heteroatoms. The molecule has 0 spiro atoms. The molecule has 0 radical (unpaired) electrons. The molecule has 0 atom stereocenters. The lowest BCUT2D eigenvalue weighted by Crippen LogP contribution is -2.31. The average molecular weight is 268 g/mol. The molecular formula is C13H24N4O2. The lowest BCUT2D eigenvalue weighted by molar-refractivity contribution is 0.200. The number of methoxy groups -OCH3 is 1. The first-order valence-electron chi connectivity index (χ1n) is 6.63. The fourth-order valence-corrected chi connectivity index (χ4v) is 1.46. The predicted octanol–water partition coefficient (Wildman–Crippen LogP) is 0.938. The third kappa shape index (κ3) is 6.35. The van der Waals surface area contributed by atoms with Crippen LogP contribution in [-0.4, -0.2) is 57.0 Å². The molecule has 19 heavy (non-hydrogen) atoms. The molecule has 108 valence electrons. The first kappa shape index (κ1) is 15.7. The molecule has 0 aliphatic rings. The van der Waals surface area contributed by atoms with Crippen LogP contribution in [0.4, 0.5) is 5.82 Å². The maximum Gasteiger partial charge on any atom is 0.234 e. The highest BCUT2D eigenvalue weighted by molar-refractivity contribution is 5.36. The maximum absolute atomic E-state index is 5.47. The number of likely N-dealkylation sites (N-methyl/N-ethyl adjacent to an activating group) is 1. The molecule has 0 fully saturated rings. The third-order valence-electron chi connectivity index (χ3n) is 2.55. The van der Waals surface area contributed by atoms with Gasteiger partial charge in [-0.05, 0) is 6.42 Å². The number of hydrogen-bond acceptors (Lipinski definition) is 6. The SMILES string of the molecule is CCCOc1cncc(N(C)CCNCCOC)n1. The van der Waals surface area contributed by atoms with Gasteiger partial charge in [0.05, 0.1) is 25.6 Å². The smallest absolute Gasteiger partial charge is 0.234 e. The van der Waals surface area contributed by atoms with Crippen LogP contribution in [0.2, 0.25) is 0 Å². The lowest BCUT2D eigenvalue weighted by atomic mass is 10.5. The van der Waals surface area contributed by atoms with Crippen molar-refractivity contribution in [2.45, 2.75) is 13.3 Å². The van der Waals surface area contributed by atoms with E-state index in [4.69, 9.17) is 9.47 Å². The highest BCUT2D eigenvalue weighted by Crippen LogP contribution is 2.12. The van der Waals surface area contributed by atoms with Gasteiger partial charge in [0.2, 0.25) is 5.88 Å². The Morgan fingerprint density at radius 1 is 1.26 bits per heavy atom. The van der Waals surface area contributed by atoms with Crippen LogP contribution in [0.25, 0.3) is 0 Å². The summed E-state index contributed by atoms with van der Waals surface area (Å²) in [6.45, 7) is 6.05. The van der Waals surface area contributed by atoms with Crippen molar-refractivity contribution >= 4 is 5.82 Å². The van der Waals surface area contributed by atoms with E-state index in [2.05, 4.69) is 22.2 Å². The summed E-state index contributed by atoms with van der Waals surface area (Å²) in [6.07, 6.45) is 4.35. The molecule has 0 aromatic carbocycles. The van der Waals surface area contributed by atoms with Gasteiger partial charge < -0.3 is 19.7 Å². The van der Waals surface area contributed by atoms with Crippen LogP contribution >= 0.6 is 0 Å². The van der Waals surface area contributed by atoms with Gasteiger partial charge >= 0.3 is 0 Å². The summed E-state index contributed by atoms with van der Waals surface area (Å²) in [6, 6.07) is 0. The van der Waals surface area contributed by atoms with Gasteiger partial charge in [0.25, 0.3) is 0 Å². The molecule has 0 aliphatic carbocycles. The Labute approximate surface area is 115 Å².